The van der Waals surface area contributed by atoms with E-state index in [1.807, 2.05) is 13.8 Å². The number of hydrogen-bond acceptors (Lipinski definition) is 2. The monoisotopic (exact) mass is 206 g/mol. The van der Waals surface area contributed by atoms with E-state index in [9.17, 15) is 5.11 Å². The minimum Gasteiger partial charge on any atom is -0.508 e. The molecule has 0 radical (unpaired) electrons. The highest BCUT2D eigenvalue weighted by Gasteiger charge is 1.98. The third-order valence-electron chi connectivity index (χ3n) is 1.43. The number of hydrogen-bond donors (Lipinski definition) is 2. The molecule has 0 aromatic heterocycles. The molecular formula is C13H18O2. The number of phenols is 2. The average molecular weight is 206 g/mol. The van der Waals surface area contributed by atoms with E-state index in [1.54, 1.807) is 18.2 Å². The van der Waals surface area contributed by atoms with Crippen molar-refractivity contribution in [2.45, 2.75) is 20.3 Å². The maximum absolute atomic E-state index is 9.21. The Balaban J connectivity index is 0.000000423. The van der Waals surface area contributed by atoms with Gasteiger partial charge in [-0.2, -0.15) is 0 Å². The topological polar surface area (TPSA) is 40.5 Å². The van der Waals surface area contributed by atoms with E-state index < -0.39 is 0 Å². The molecule has 2 nitrogen and oxygen atoms in total. The highest BCUT2D eigenvalue weighted by Crippen LogP contribution is 2.22. The SMILES string of the molecule is C=C(C)C.C=CCc1ccc(O)cc1O. The summed E-state index contributed by atoms with van der Waals surface area (Å²) < 4.78 is 0. The summed E-state index contributed by atoms with van der Waals surface area (Å²) in [6, 6.07) is 4.53. The van der Waals surface area contributed by atoms with Crippen molar-refractivity contribution >= 4 is 0 Å². The fraction of sp³-hybridized carbons (Fsp3) is 0.231. The van der Waals surface area contributed by atoms with E-state index >= 15 is 0 Å². The molecule has 2 heteroatoms. The minimum atomic E-state index is 0.0790. The Morgan fingerprint density at radius 1 is 1.33 bits per heavy atom. The van der Waals surface area contributed by atoms with Crippen LogP contribution in [0.15, 0.2) is 43.0 Å². The van der Waals surface area contributed by atoms with E-state index in [0.717, 1.165) is 5.56 Å². The predicted molar refractivity (Wildman–Crippen MR) is 64.2 cm³/mol. The van der Waals surface area contributed by atoms with E-state index in [4.69, 9.17) is 5.11 Å². The Morgan fingerprint density at radius 3 is 2.27 bits per heavy atom. The van der Waals surface area contributed by atoms with E-state index in [0.29, 0.717) is 6.42 Å². The van der Waals surface area contributed by atoms with Crippen molar-refractivity contribution in [3.05, 3.63) is 48.6 Å². The third kappa shape index (κ3) is 6.38. The zero-order valence-electron chi connectivity index (χ0n) is 9.33. The van der Waals surface area contributed by atoms with Crippen molar-refractivity contribution in [2.24, 2.45) is 0 Å². The third-order valence-corrected chi connectivity index (χ3v) is 1.43. The first-order valence-electron chi connectivity index (χ1n) is 4.71. The molecule has 0 heterocycles. The standard InChI is InChI=1S/C9H10O2.C4H8/c1-2-3-7-4-5-8(10)6-9(7)11;1-4(2)3/h2,4-6,10-11H,1,3H2;1H2,2-3H3. The summed E-state index contributed by atoms with van der Waals surface area (Å²) in [7, 11) is 0. The maximum atomic E-state index is 9.21. The molecule has 0 saturated heterocycles. The molecule has 1 rings (SSSR count). The highest BCUT2D eigenvalue weighted by atomic mass is 16.3. The second-order valence-electron chi connectivity index (χ2n) is 3.51. The van der Waals surface area contributed by atoms with Gasteiger partial charge in [0.2, 0.25) is 0 Å². The summed E-state index contributed by atoms with van der Waals surface area (Å²) in [4.78, 5) is 0. The molecule has 0 saturated carbocycles. The summed E-state index contributed by atoms with van der Waals surface area (Å²) in [5.74, 6) is 0.195. The summed E-state index contributed by atoms with van der Waals surface area (Å²) in [6.07, 6.45) is 2.32. The molecule has 82 valence electrons. The lowest BCUT2D eigenvalue weighted by Crippen LogP contribution is -1.80. The van der Waals surface area contributed by atoms with Crippen molar-refractivity contribution in [1.82, 2.24) is 0 Å². The molecule has 0 bridgehead atoms. The first-order chi connectivity index (χ1) is 6.97. The van der Waals surface area contributed by atoms with Crippen LogP contribution < -0.4 is 0 Å². The van der Waals surface area contributed by atoms with Crippen LogP contribution in [-0.4, -0.2) is 10.2 Å². The van der Waals surface area contributed by atoms with Crippen molar-refractivity contribution in [3.63, 3.8) is 0 Å². The Kier molecular flexibility index (Phi) is 5.95. The van der Waals surface area contributed by atoms with Gasteiger partial charge in [0.15, 0.2) is 0 Å². The minimum absolute atomic E-state index is 0.0790. The zero-order valence-corrected chi connectivity index (χ0v) is 9.33. The number of phenolic OH excluding ortho intramolecular Hbond substituents is 2. The Labute approximate surface area is 91.2 Å². The van der Waals surface area contributed by atoms with Gasteiger partial charge in [-0.1, -0.05) is 17.7 Å². The van der Waals surface area contributed by atoms with Gasteiger partial charge in [-0.25, -0.2) is 0 Å². The molecule has 0 unspecified atom stereocenters. The predicted octanol–water partition coefficient (Wildman–Crippen LogP) is 3.41. The lowest BCUT2D eigenvalue weighted by atomic mass is 10.1. The lowest BCUT2D eigenvalue weighted by Gasteiger charge is -2.00. The van der Waals surface area contributed by atoms with Crippen LogP contribution >= 0.6 is 0 Å². The van der Waals surface area contributed by atoms with Gasteiger partial charge in [0.1, 0.15) is 11.5 Å². The molecule has 0 spiro atoms. The Bertz CT molecular complexity index is 336. The lowest BCUT2D eigenvalue weighted by molar-refractivity contribution is 0.447. The van der Waals surface area contributed by atoms with Crippen LogP contribution in [-0.2, 0) is 6.42 Å². The molecule has 0 fully saturated rings. The molecule has 0 aliphatic carbocycles. The van der Waals surface area contributed by atoms with Gasteiger partial charge < -0.3 is 10.2 Å². The van der Waals surface area contributed by atoms with Crippen LogP contribution in [0.2, 0.25) is 0 Å². The van der Waals surface area contributed by atoms with Crippen molar-refractivity contribution in [3.8, 4) is 11.5 Å². The van der Waals surface area contributed by atoms with E-state index in [1.165, 1.54) is 11.6 Å². The molecule has 0 atom stereocenters. The van der Waals surface area contributed by atoms with Crippen LogP contribution in [0, 0.1) is 0 Å². The van der Waals surface area contributed by atoms with Crippen LogP contribution in [0.4, 0.5) is 0 Å². The van der Waals surface area contributed by atoms with Gasteiger partial charge in [-0.05, 0) is 31.9 Å². The molecule has 15 heavy (non-hydrogen) atoms. The Morgan fingerprint density at radius 2 is 1.87 bits per heavy atom. The quantitative estimate of drug-likeness (QED) is 0.728. The van der Waals surface area contributed by atoms with E-state index in [-0.39, 0.29) is 11.5 Å². The fourth-order valence-electron chi connectivity index (χ4n) is 0.880. The molecular weight excluding hydrogens is 188 g/mol. The molecule has 0 aliphatic heterocycles. The largest absolute Gasteiger partial charge is 0.508 e. The van der Waals surface area contributed by atoms with Crippen LogP contribution in [0.1, 0.15) is 19.4 Å². The van der Waals surface area contributed by atoms with Gasteiger partial charge in [0.05, 0.1) is 0 Å². The van der Waals surface area contributed by atoms with Gasteiger partial charge in [0.25, 0.3) is 0 Å². The van der Waals surface area contributed by atoms with Gasteiger partial charge in [0, 0.05) is 6.07 Å². The first-order valence-corrected chi connectivity index (χ1v) is 4.71. The van der Waals surface area contributed by atoms with Crippen LogP contribution in [0.25, 0.3) is 0 Å². The van der Waals surface area contributed by atoms with Gasteiger partial charge >= 0.3 is 0 Å². The van der Waals surface area contributed by atoms with Crippen molar-refractivity contribution < 1.29 is 10.2 Å². The van der Waals surface area contributed by atoms with Gasteiger partial charge in [-0.3, -0.25) is 0 Å². The van der Waals surface area contributed by atoms with Crippen LogP contribution in [0.5, 0.6) is 11.5 Å². The van der Waals surface area contributed by atoms with E-state index in [2.05, 4.69) is 13.2 Å². The average Bonchev–Trinajstić information content (AvgIpc) is 2.09. The first kappa shape index (κ1) is 13.3. The normalized spacial score (nSPS) is 8.67. The number of rotatable bonds is 2. The summed E-state index contributed by atoms with van der Waals surface area (Å²) in [5.41, 5.74) is 1.94. The Hall–Kier alpha value is -1.70. The van der Waals surface area contributed by atoms with Gasteiger partial charge in [-0.15, -0.1) is 13.2 Å². The fourth-order valence-corrected chi connectivity index (χ4v) is 0.880. The second kappa shape index (κ2) is 6.71. The van der Waals surface area contributed by atoms with Crippen LogP contribution in [0.3, 0.4) is 0 Å². The second-order valence-corrected chi connectivity index (χ2v) is 3.51. The molecule has 1 aromatic rings. The summed E-state index contributed by atoms with van der Waals surface area (Å²) in [6.45, 7) is 11.0. The smallest absolute Gasteiger partial charge is 0.122 e. The summed E-state index contributed by atoms with van der Waals surface area (Å²) in [5, 5.41) is 18.1. The number of allylic oxidation sites excluding steroid dienone is 2. The molecule has 0 aliphatic rings. The molecule has 2 N–H and O–H groups in total. The van der Waals surface area contributed by atoms with Crippen molar-refractivity contribution in [1.29, 1.82) is 0 Å². The number of benzene rings is 1. The number of aromatic hydroxyl groups is 2. The zero-order chi connectivity index (χ0) is 11.8. The summed E-state index contributed by atoms with van der Waals surface area (Å²) >= 11 is 0. The highest BCUT2D eigenvalue weighted by molar-refractivity contribution is 5.39. The molecule has 1 aromatic carbocycles. The molecule has 0 amide bonds. The maximum Gasteiger partial charge on any atom is 0.122 e. The van der Waals surface area contributed by atoms with Crippen molar-refractivity contribution in [2.75, 3.05) is 0 Å².